The van der Waals surface area contributed by atoms with E-state index in [9.17, 15) is 0 Å². The van der Waals surface area contributed by atoms with Crippen molar-refractivity contribution in [2.75, 3.05) is 0 Å². The van der Waals surface area contributed by atoms with E-state index in [0.717, 1.165) is 36.2 Å². The van der Waals surface area contributed by atoms with Gasteiger partial charge in [-0.2, -0.15) is 0 Å². The van der Waals surface area contributed by atoms with Crippen molar-refractivity contribution >= 4 is 0 Å². The van der Waals surface area contributed by atoms with E-state index in [-0.39, 0.29) is 5.54 Å². The van der Waals surface area contributed by atoms with Gasteiger partial charge in [0.25, 0.3) is 0 Å². The van der Waals surface area contributed by atoms with Crippen molar-refractivity contribution in [2.24, 2.45) is 11.8 Å². The van der Waals surface area contributed by atoms with Gasteiger partial charge in [-0.3, -0.25) is 4.98 Å². The molecule has 1 aromatic heterocycles. The molecule has 0 bridgehead atoms. The van der Waals surface area contributed by atoms with Crippen molar-refractivity contribution in [3.8, 4) is 5.75 Å². The van der Waals surface area contributed by atoms with E-state index < -0.39 is 0 Å². The predicted octanol–water partition coefficient (Wildman–Crippen LogP) is 4.17. The van der Waals surface area contributed by atoms with E-state index in [1.165, 1.54) is 12.8 Å². The molecule has 3 nitrogen and oxygen atoms in total. The van der Waals surface area contributed by atoms with Crippen molar-refractivity contribution in [1.82, 2.24) is 10.3 Å². The molecule has 0 amide bonds. The minimum Gasteiger partial charge on any atom is -0.489 e. The Morgan fingerprint density at radius 2 is 1.95 bits per heavy atom. The lowest BCUT2D eigenvalue weighted by Gasteiger charge is -2.32. The zero-order valence-corrected chi connectivity index (χ0v) is 14.1. The van der Waals surface area contributed by atoms with E-state index in [0.29, 0.717) is 6.10 Å². The molecule has 21 heavy (non-hydrogen) atoms. The topological polar surface area (TPSA) is 34.1 Å². The molecule has 1 aliphatic carbocycles. The first-order valence-corrected chi connectivity index (χ1v) is 8.20. The van der Waals surface area contributed by atoms with Crippen LogP contribution in [0.1, 0.15) is 59.6 Å². The molecule has 0 aromatic carbocycles. The molecule has 1 heterocycles. The highest BCUT2D eigenvalue weighted by Crippen LogP contribution is 2.31. The number of pyridine rings is 1. The molecular formula is C18H30N2O. The Labute approximate surface area is 129 Å². The van der Waals surface area contributed by atoms with Crippen LogP contribution >= 0.6 is 0 Å². The van der Waals surface area contributed by atoms with Crippen LogP contribution in [0.15, 0.2) is 18.3 Å². The van der Waals surface area contributed by atoms with Crippen molar-refractivity contribution in [2.45, 2.75) is 72.1 Å². The first-order chi connectivity index (χ1) is 9.83. The summed E-state index contributed by atoms with van der Waals surface area (Å²) in [4.78, 5) is 4.49. The molecule has 1 aromatic rings. The molecule has 118 valence electrons. The summed E-state index contributed by atoms with van der Waals surface area (Å²) in [7, 11) is 0. The lowest BCUT2D eigenvalue weighted by molar-refractivity contribution is 0.100. The van der Waals surface area contributed by atoms with Crippen LogP contribution in [-0.4, -0.2) is 16.6 Å². The summed E-state index contributed by atoms with van der Waals surface area (Å²) in [6.07, 6.45) is 5.82. The highest BCUT2D eigenvalue weighted by atomic mass is 16.5. The van der Waals surface area contributed by atoms with Gasteiger partial charge in [0, 0.05) is 12.1 Å². The average molecular weight is 290 g/mol. The second-order valence-electron chi connectivity index (χ2n) is 7.60. The van der Waals surface area contributed by atoms with E-state index in [2.05, 4.69) is 57.1 Å². The maximum atomic E-state index is 6.09. The molecule has 1 N–H and O–H groups in total. The number of ether oxygens (including phenoxy) is 1. The molecule has 0 radical (unpaired) electrons. The Morgan fingerprint density at radius 1 is 1.19 bits per heavy atom. The van der Waals surface area contributed by atoms with Crippen LogP contribution in [0.4, 0.5) is 0 Å². The molecule has 0 aliphatic heterocycles. The highest BCUT2D eigenvalue weighted by molar-refractivity contribution is 5.20. The number of hydrogen-bond donors (Lipinski definition) is 1. The summed E-state index contributed by atoms with van der Waals surface area (Å²) in [5, 5.41) is 3.45. The maximum absolute atomic E-state index is 6.09. The molecule has 3 heteroatoms. The minimum atomic E-state index is 0.117. The fourth-order valence-corrected chi connectivity index (χ4v) is 2.74. The average Bonchev–Trinajstić information content (AvgIpc) is 2.41. The highest BCUT2D eigenvalue weighted by Gasteiger charge is 2.25. The Balaban J connectivity index is 1.85. The Morgan fingerprint density at radius 3 is 2.52 bits per heavy atom. The summed E-state index contributed by atoms with van der Waals surface area (Å²) < 4.78 is 6.09. The van der Waals surface area contributed by atoms with E-state index in [4.69, 9.17) is 4.74 Å². The normalized spacial score (nSPS) is 26.6. The van der Waals surface area contributed by atoms with Gasteiger partial charge in [0.05, 0.1) is 18.0 Å². The number of nitrogens with zero attached hydrogens (tertiary/aromatic N) is 1. The predicted molar refractivity (Wildman–Crippen MR) is 87.4 cm³/mol. The van der Waals surface area contributed by atoms with Crippen LogP contribution in [0.3, 0.4) is 0 Å². The summed E-state index contributed by atoms with van der Waals surface area (Å²) >= 11 is 0. The van der Waals surface area contributed by atoms with Crippen molar-refractivity contribution in [1.29, 1.82) is 0 Å². The largest absolute Gasteiger partial charge is 0.489 e. The summed E-state index contributed by atoms with van der Waals surface area (Å²) in [5.41, 5.74) is 1.18. The van der Waals surface area contributed by atoms with Gasteiger partial charge >= 0.3 is 0 Å². The second kappa shape index (κ2) is 6.78. The summed E-state index contributed by atoms with van der Waals surface area (Å²) in [6.45, 7) is 12.0. The SMILES string of the molecule is CC1CCC(Oc2ccc(CNC(C)(C)C)nc2)CC1C. The van der Waals surface area contributed by atoms with Gasteiger partial charge in [-0.1, -0.05) is 13.8 Å². The Bertz CT molecular complexity index is 436. The van der Waals surface area contributed by atoms with Crippen LogP contribution in [0, 0.1) is 11.8 Å². The lowest BCUT2D eigenvalue weighted by Crippen LogP contribution is -2.35. The fourth-order valence-electron chi connectivity index (χ4n) is 2.74. The van der Waals surface area contributed by atoms with E-state index in [1.807, 2.05) is 6.20 Å². The maximum Gasteiger partial charge on any atom is 0.138 e. The molecule has 1 saturated carbocycles. The van der Waals surface area contributed by atoms with Gasteiger partial charge in [0.1, 0.15) is 5.75 Å². The first-order valence-electron chi connectivity index (χ1n) is 8.20. The Kier molecular flexibility index (Phi) is 5.26. The molecule has 0 spiro atoms. The molecule has 1 fully saturated rings. The molecular weight excluding hydrogens is 260 g/mol. The third-order valence-corrected chi connectivity index (χ3v) is 4.45. The van der Waals surface area contributed by atoms with Crippen molar-refractivity contribution in [3.05, 3.63) is 24.0 Å². The smallest absolute Gasteiger partial charge is 0.138 e. The third-order valence-electron chi connectivity index (χ3n) is 4.45. The zero-order valence-electron chi connectivity index (χ0n) is 14.1. The molecule has 1 aliphatic rings. The fraction of sp³-hybridized carbons (Fsp3) is 0.722. The molecule has 2 rings (SSSR count). The van der Waals surface area contributed by atoms with Crippen LogP contribution in [-0.2, 0) is 6.54 Å². The standard InChI is InChI=1S/C18H30N2O/c1-13-6-8-16(10-14(13)2)21-17-9-7-15(19-12-17)11-20-18(3,4)5/h7,9,12-14,16,20H,6,8,10-11H2,1-5H3. The first kappa shape index (κ1) is 16.3. The quantitative estimate of drug-likeness (QED) is 0.903. The monoisotopic (exact) mass is 290 g/mol. The van der Waals surface area contributed by atoms with Gasteiger partial charge in [0.15, 0.2) is 0 Å². The van der Waals surface area contributed by atoms with Crippen LogP contribution in [0.5, 0.6) is 5.75 Å². The number of hydrogen-bond acceptors (Lipinski definition) is 3. The van der Waals surface area contributed by atoms with Gasteiger partial charge in [-0.05, 0) is 64.0 Å². The summed E-state index contributed by atoms with van der Waals surface area (Å²) in [5.74, 6) is 2.49. The van der Waals surface area contributed by atoms with Gasteiger partial charge < -0.3 is 10.1 Å². The van der Waals surface area contributed by atoms with Gasteiger partial charge in [-0.15, -0.1) is 0 Å². The minimum absolute atomic E-state index is 0.117. The lowest BCUT2D eigenvalue weighted by atomic mass is 9.80. The zero-order chi connectivity index (χ0) is 15.5. The number of aromatic nitrogens is 1. The van der Waals surface area contributed by atoms with Gasteiger partial charge in [0.2, 0.25) is 0 Å². The number of nitrogens with one attached hydrogen (secondary N) is 1. The summed E-state index contributed by atoms with van der Waals surface area (Å²) in [6, 6.07) is 4.11. The number of rotatable bonds is 4. The van der Waals surface area contributed by atoms with Crippen molar-refractivity contribution < 1.29 is 4.74 Å². The third kappa shape index (κ3) is 5.31. The Hall–Kier alpha value is -1.09. The van der Waals surface area contributed by atoms with Crippen LogP contribution in [0.25, 0.3) is 0 Å². The van der Waals surface area contributed by atoms with Crippen LogP contribution < -0.4 is 10.1 Å². The van der Waals surface area contributed by atoms with Crippen molar-refractivity contribution in [3.63, 3.8) is 0 Å². The van der Waals surface area contributed by atoms with Gasteiger partial charge in [-0.25, -0.2) is 0 Å². The molecule has 3 unspecified atom stereocenters. The molecule has 3 atom stereocenters. The second-order valence-corrected chi connectivity index (χ2v) is 7.60. The van der Waals surface area contributed by atoms with E-state index >= 15 is 0 Å². The van der Waals surface area contributed by atoms with E-state index in [1.54, 1.807) is 0 Å². The van der Waals surface area contributed by atoms with Crippen LogP contribution in [0.2, 0.25) is 0 Å². The molecule has 0 saturated heterocycles.